The smallest absolute Gasteiger partial charge is 0.371 e. The van der Waals surface area contributed by atoms with Crippen molar-refractivity contribution < 1.29 is 28.3 Å². The number of ketones is 1. The minimum Gasteiger partial charge on any atom is -0.481 e. The van der Waals surface area contributed by atoms with E-state index >= 15 is 0 Å². The van der Waals surface area contributed by atoms with Crippen LogP contribution in [0.5, 0.6) is 0 Å². The van der Waals surface area contributed by atoms with Crippen molar-refractivity contribution >= 4 is 20.3 Å². The van der Waals surface area contributed by atoms with Gasteiger partial charge in [-0.3, -0.25) is 9.59 Å². The normalized spacial score (nSPS) is 22.4. The number of rotatable bonds is 9. The highest BCUT2D eigenvalue weighted by Crippen LogP contribution is 2.42. The van der Waals surface area contributed by atoms with E-state index in [-0.39, 0.29) is 17.4 Å². The lowest BCUT2D eigenvalue weighted by Crippen LogP contribution is -2.65. The first-order chi connectivity index (χ1) is 11.3. The van der Waals surface area contributed by atoms with Gasteiger partial charge >= 0.3 is 14.5 Å². The Balaban J connectivity index is 0.000000640. The first-order valence-electron chi connectivity index (χ1n) is 8.96. The molecule has 1 fully saturated rings. The maximum Gasteiger partial charge on any atom is 0.371 e. The molecule has 1 atom stereocenters. The average molecular weight is 363 g/mol. The summed E-state index contributed by atoms with van der Waals surface area (Å²) in [5.41, 5.74) is 0. The van der Waals surface area contributed by atoms with E-state index in [9.17, 15) is 9.59 Å². The Kier molecular flexibility index (Phi) is 11.4. The second-order valence-electron chi connectivity index (χ2n) is 5.88. The Labute approximate surface area is 147 Å². The first-order valence-corrected chi connectivity index (χ1v) is 11.0. The largest absolute Gasteiger partial charge is 0.481 e. The molecule has 0 aliphatic carbocycles. The molecule has 1 aliphatic heterocycles. The van der Waals surface area contributed by atoms with Gasteiger partial charge in [-0.25, -0.2) is 0 Å². The van der Waals surface area contributed by atoms with Crippen molar-refractivity contribution in [3.8, 4) is 0 Å². The standard InChI is InChI=1S/C13H28O3Si.C4H6O3/c1-5-13(14-6-2)11-9-10-12-17(13,15-7-3)16-8-4;1-3(5)2-4(6)7/h5-12H2,1-4H3;2H2,1H3,(H,6,7). The molecule has 1 rings (SSSR count). The number of Topliss-reactive ketones (excluding diaryl/α,β-unsaturated/α-hetero) is 1. The molecule has 1 N–H and O–H groups in total. The summed E-state index contributed by atoms with van der Waals surface area (Å²) in [6.45, 7) is 11.9. The monoisotopic (exact) mass is 362 g/mol. The highest BCUT2D eigenvalue weighted by Gasteiger charge is 2.58. The third kappa shape index (κ3) is 6.62. The molecule has 1 heterocycles. The Morgan fingerprint density at radius 3 is 1.96 bits per heavy atom. The van der Waals surface area contributed by atoms with Gasteiger partial charge < -0.3 is 18.7 Å². The van der Waals surface area contributed by atoms with E-state index < -0.39 is 14.5 Å². The SMILES string of the molecule is CC(=O)CC(=O)O.CCOC1(CC)CCCC[Si]1(OCC)OCC. The van der Waals surface area contributed by atoms with Crippen LogP contribution in [-0.2, 0) is 23.2 Å². The molecular weight excluding hydrogens is 328 g/mol. The zero-order chi connectivity index (χ0) is 18.6. The molecule has 1 unspecified atom stereocenters. The maximum atomic E-state index is 9.87. The molecule has 24 heavy (non-hydrogen) atoms. The fourth-order valence-corrected chi connectivity index (χ4v) is 7.78. The molecule has 6 nitrogen and oxygen atoms in total. The lowest BCUT2D eigenvalue weighted by atomic mass is 10.1. The fourth-order valence-electron chi connectivity index (χ4n) is 3.32. The average Bonchev–Trinajstić information content (AvgIpc) is 2.49. The van der Waals surface area contributed by atoms with Gasteiger partial charge in [0.1, 0.15) is 17.4 Å². The number of carboxylic acid groups (broad SMARTS) is 1. The van der Waals surface area contributed by atoms with Crippen LogP contribution in [0.2, 0.25) is 6.04 Å². The Bertz CT molecular complexity index is 360. The zero-order valence-electron chi connectivity index (χ0n) is 15.9. The summed E-state index contributed by atoms with van der Waals surface area (Å²) in [5, 5.41) is 7.74. The van der Waals surface area contributed by atoms with Gasteiger partial charge in [-0.15, -0.1) is 0 Å². The van der Waals surface area contributed by atoms with Gasteiger partial charge in [0.25, 0.3) is 0 Å². The summed E-state index contributed by atoms with van der Waals surface area (Å²) < 4.78 is 18.5. The van der Waals surface area contributed by atoms with E-state index in [1.54, 1.807) is 0 Å². The number of carboxylic acids is 1. The van der Waals surface area contributed by atoms with Crippen molar-refractivity contribution in [1.29, 1.82) is 0 Å². The number of carbonyl (C=O) groups is 2. The molecule has 1 aliphatic rings. The maximum absolute atomic E-state index is 9.87. The number of carbonyl (C=O) groups excluding carboxylic acids is 1. The van der Waals surface area contributed by atoms with Crippen molar-refractivity contribution in [1.82, 2.24) is 0 Å². The van der Waals surface area contributed by atoms with Gasteiger partial charge in [-0.1, -0.05) is 19.8 Å². The van der Waals surface area contributed by atoms with Crippen molar-refractivity contribution in [2.45, 2.75) is 78.0 Å². The molecule has 0 spiro atoms. The summed E-state index contributed by atoms with van der Waals surface area (Å²) >= 11 is 0. The lowest BCUT2D eigenvalue weighted by Gasteiger charge is -2.49. The van der Waals surface area contributed by atoms with Crippen LogP contribution in [0.1, 0.15) is 66.7 Å². The van der Waals surface area contributed by atoms with E-state index in [0.717, 1.165) is 38.7 Å². The van der Waals surface area contributed by atoms with Gasteiger partial charge in [0, 0.05) is 19.8 Å². The summed E-state index contributed by atoms with van der Waals surface area (Å²) in [6.07, 6.45) is 4.21. The molecule has 0 aromatic heterocycles. The van der Waals surface area contributed by atoms with Gasteiger partial charge in [0.15, 0.2) is 0 Å². The fraction of sp³-hybridized carbons (Fsp3) is 0.882. The van der Waals surface area contributed by atoms with Crippen LogP contribution in [0, 0.1) is 0 Å². The second kappa shape index (κ2) is 11.7. The van der Waals surface area contributed by atoms with Gasteiger partial charge in [-0.05, 0) is 46.6 Å². The van der Waals surface area contributed by atoms with E-state index in [1.165, 1.54) is 19.8 Å². The molecule has 142 valence electrons. The van der Waals surface area contributed by atoms with Crippen molar-refractivity contribution in [2.75, 3.05) is 19.8 Å². The van der Waals surface area contributed by atoms with Gasteiger partial charge in [0.2, 0.25) is 0 Å². The molecule has 0 aromatic rings. The molecule has 0 bridgehead atoms. The van der Waals surface area contributed by atoms with E-state index in [1.807, 2.05) is 0 Å². The Morgan fingerprint density at radius 1 is 1.04 bits per heavy atom. The topological polar surface area (TPSA) is 82.1 Å². The quantitative estimate of drug-likeness (QED) is 0.500. The minimum absolute atomic E-state index is 0.119. The highest BCUT2D eigenvalue weighted by atomic mass is 28.4. The van der Waals surface area contributed by atoms with Crippen LogP contribution in [0.4, 0.5) is 0 Å². The molecule has 0 radical (unpaired) electrons. The van der Waals surface area contributed by atoms with Crippen LogP contribution < -0.4 is 0 Å². The Hall–Kier alpha value is -0.763. The van der Waals surface area contributed by atoms with E-state index in [4.69, 9.17) is 18.7 Å². The van der Waals surface area contributed by atoms with Crippen LogP contribution in [0.3, 0.4) is 0 Å². The molecule has 7 heteroatoms. The predicted octanol–water partition coefficient (Wildman–Crippen LogP) is 3.46. The van der Waals surface area contributed by atoms with Crippen molar-refractivity contribution in [3.05, 3.63) is 0 Å². The molecule has 0 aromatic carbocycles. The van der Waals surface area contributed by atoms with Crippen LogP contribution in [-0.4, -0.2) is 50.5 Å². The number of ether oxygens (including phenoxy) is 1. The number of hydrogen-bond donors (Lipinski definition) is 1. The Morgan fingerprint density at radius 2 is 1.62 bits per heavy atom. The molecule has 1 saturated heterocycles. The summed E-state index contributed by atoms with van der Waals surface area (Å²) in [6, 6.07) is 1.09. The predicted molar refractivity (Wildman–Crippen MR) is 95.2 cm³/mol. The molecule has 0 amide bonds. The number of aliphatic carboxylic acids is 1. The van der Waals surface area contributed by atoms with Gasteiger partial charge in [0.05, 0.1) is 0 Å². The lowest BCUT2D eigenvalue weighted by molar-refractivity contribution is -0.139. The number of hydrogen-bond acceptors (Lipinski definition) is 5. The van der Waals surface area contributed by atoms with Gasteiger partial charge in [-0.2, -0.15) is 0 Å². The van der Waals surface area contributed by atoms with Crippen LogP contribution >= 0.6 is 0 Å². The molecule has 0 saturated carbocycles. The first kappa shape index (κ1) is 23.2. The van der Waals surface area contributed by atoms with E-state index in [0.29, 0.717) is 0 Å². The summed E-state index contributed by atoms with van der Waals surface area (Å²) in [7, 11) is -2.21. The van der Waals surface area contributed by atoms with Crippen molar-refractivity contribution in [2.24, 2.45) is 0 Å². The zero-order valence-corrected chi connectivity index (χ0v) is 16.9. The van der Waals surface area contributed by atoms with E-state index in [2.05, 4.69) is 27.7 Å². The van der Waals surface area contributed by atoms with Crippen molar-refractivity contribution in [3.63, 3.8) is 0 Å². The second-order valence-corrected chi connectivity index (χ2v) is 9.37. The third-order valence-electron chi connectivity index (χ3n) is 4.18. The summed E-state index contributed by atoms with van der Waals surface area (Å²) in [4.78, 5) is 19.5. The molecular formula is C17H34O6Si. The van der Waals surface area contributed by atoms with Crippen LogP contribution in [0.15, 0.2) is 0 Å². The summed E-state index contributed by atoms with van der Waals surface area (Å²) in [5.74, 6) is -1.37. The third-order valence-corrected chi connectivity index (χ3v) is 8.84. The minimum atomic E-state index is -2.21. The van der Waals surface area contributed by atoms with Crippen LogP contribution in [0.25, 0.3) is 0 Å². The highest BCUT2D eigenvalue weighted by molar-refractivity contribution is 6.70.